The zero-order valence-corrected chi connectivity index (χ0v) is 17.5. The molecule has 156 valence electrons. The van der Waals surface area contributed by atoms with Gasteiger partial charge in [-0.2, -0.15) is 0 Å². The summed E-state index contributed by atoms with van der Waals surface area (Å²) in [5.74, 6) is 0.754. The number of anilines is 1. The van der Waals surface area contributed by atoms with E-state index < -0.39 is 0 Å². The molecule has 3 aliphatic rings. The molecule has 2 fully saturated rings. The van der Waals surface area contributed by atoms with E-state index in [-0.39, 0.29) is 23.6 Å². The first kappa shape index (κ1) is 19.2. The number of nitrogens with one attached hydrogen (secondary N) is 1. The molecule has 4 heterocycles. The van der Waals surface area contributed by atoms with E-state index >= 15 is 0 Å². The molecule has 5 rings (SSSR count). The third-order valence-electron chi connectivity index (χ3n) is 6.30. The fraction of sp³-hybridized carbons (Fsp3) is 0.409. The molecule has 2 saturated heterocycles. The van der Waals surface area contributed by atoms with E-state index in [0.717, 1.165) is 29.8 Å². The Balaban J connectivity index is 1.32. The van der Waals surface area contributed by atoms with E-state index in [1.54, 1.807) is 16.0 Å². The lowest BCUT2D eigenvalue weighted by Gasteiger charge is -2.25. The van der Waals surface area contributed by atoms with Crippen LogP contribution in [-0.4, -0.2) is 59.1 Å². The number of carbonyl (C=O) groups is 2. The Morgan fingerprint density at radius 3 is 2.97 bits per heavy atom. The van der Waals surface area contributed by atoms with Gasteiger partial charge < -0.3 is 15.0 Å². The first-order chi connectivity index (χ1) is 14.4. The van der Waals surface area contributed by atoms with E-state index in [1.165, 1.54) is 0 Å². The molecule has 0 bridgehead atoms. The van der Waals surface area contributed by atoms with Crippen LogP contribution in [0.1, 0.15) is 34.8 Å². The van der Waals surface area contributed by atoms with E-state index in [1.807, 2.05) is 30.3 Å². The lowest BCUT2D eigenvalue weighted by atomic mass is 9.89. The minimum atomic E-state index is -0.323. The van der Waals surface area contributed by atoms with Gasteiger partial charge in [0, 0.05) is 30.7 Å². The molecule has 8 heteroatoms. The highest BCUT2D eigenvalue weighted by Gasteiger charge is 2.38. The number of likely N-dealkylation sites (tertiary alicyclic amines) is 1. The number of hydrogen-bond acceptors (Lipinski definition) is 5. The first-order valence-corrected chi connectivity index (χ1v) is 10.6. The molecule has 0 radical (unpaired) electrons. The van der Waals surface area contributed by atoms with Gasteiger partial charge in [-0.1, -0.05) is 23.7 Å². The van der Waals surface area contributed by atoms with E-state index in [2.05, 4.69) is 17.2 Å². The minimum Gasteiger partial charge on any atom is -0.448 e. The summed E-state index contributed by atoms with van der Waals surface area (Å²) < 4.78 is 5.03. The van der Waals surface area contributed by atoms with Crippen LogP contribution in [-0.2, 0) is 16.7 Å². The van der Waals surface area contributed by atoms with Crippen LogP contribution >= 0.6 is 11.6 Å². The molecular formula is C22H23ClN4O3. The van der Waals surface area contributed by atoms with Crippen molar-refractivity contribution in [2.45, 2.75) is 31.3 Å². The molecule has 2 amide bonds. The van der Waals surface area contributed by atoms with Crippen LogP contribution in [0, 0.1) is 0 Å². The van der Waals surface area contributed by atoms with E-state index in [4.69, 9.17) is 16.3 Å². The number of rotatable bonds is 3. The second kappa shape index (κ2) is 7.16. The Labute approximate surface area is 180 Å². The third-order valence-corrected chi connectivity index (χ3v) is 6.53. The summed E-state index contributed by atoms with van der Waals surface area (Å²) in [4.78, 5) is 32.9. The van der Waals surface area contributed by atoms with Gasteiger partial charge in [0.1, 0.15) is 12.4 Å². The van der Waals surface area contributed by atoms with Crippen LogP contribution in [0.4, 0.5) is 10.6 Å². The second-order valence-corrected chi connectivity index (χ2v) is 8.81. The molecule has 1 N–H and O–H groups in total. The predicted octanol–water partition coefficient (Wildman–Crippen LogP) is 3.29. The topological polar surface area (TPSA) is 74.8 Å². The number of nitrogens with zero attached hydrogens (tertiary/aromatic N) is 3. The molecule has 0 aliphatic carbocycles. The van der Waals surface area contributed by atoms with Crippen LogP contribution in [0.25, 0.3) is 0 Å². The van der Waals surface area contributed by atoms with Crippen molar-refractivity contribution in [3.63, 3.8) is 0 Å². The van der Waals surface area contributed by atoms with Crippen molar-refractivity contribution in [2.24, 2.45) is 0 Å². The zero-order chi connectivity index (χ0) is 20.9. The standard InChI is InChI=1S/C22H23ClN4O3/c1-22(16-3-2-4-17(23)10-16)11-14-9-15(12-24-19(14)25-22)20(28)26-6-5-18(13-26)27-7-8-30-21(27)29/h2-4,9-10,12,18H,5-8,11,13H2,1H3,(H,24,25)/t18-,22-/m0/s1. The molecule has 1 aromatic heterocycles. The molecule has 3 aliphatic heterocycles. The number of benzene rings is 1. The Hall–Kier alpha value is -2.80. The quantitative estimate of drug-likeness (QED) is 0.815. The summed E-state index contributed by atoms with van der Waals surface area (Å²) in [6.07, 6.45) is 2.85. The van der Waals surface area contributed by atoms with Crippen molar-refractivity contribution < 1.29 is 14.3 Å². The number of aromatic nitrogens is 1. The van der Waals surface area contributed by atoms with Gasteiger partial charge in [-0.25, -0.2) is 9.78 Å². The van der Waals surface area contributed by atoms with Crippen LogP contribution in [0.15, 0.2) is 36.5 Å². The Kier molecular flexibility index (Phi) is 4.58. The van der Waals surface area contributed by atoms with Gasteiger partial charge in [-0.15, -0.1) is 0 Å². The second-order valence-electron chi connectivity index (χ2n) is 8.38. The maximum atomic E-state index is 13.1. The van der Waals surface area contributed by atoms with Gasteiger partial charge in [0.2, 0.25) is 0 Å². The molecular weight excluding hydrogens is 404 g/mol. The maximum Gasteiger partial charge on any atom is 0.410 e. The van der Waals surface area contributed by atoms with Gasteiger partial charge in [0.25, 0.3) is 5.91 Å². The highest BCUT2D eigenvalue weighted by molar-refractivity contribution is 6.30. The monoisotopic (exact) mass is 426 g/mol. The Bertz CT molecular complexity index is 1030. The van der Waals surface area contributed by atoms with Crippen LogP contribution in [0.5, 0.6) is 0 Å². The highest BCUT2D eigenvalue weighted by atomic mass is 35.5. The summed E-state index contributed by atoms with van der Waals surface area (Å²) in [6, 6.07) is 9.77. The molecule has 0 saturated carbocycles. The number of halogens is 1. The van der Waals surface area contributed by atoms with Crippen LogP contribution < -0.4 is 5.32 Å². The largest absolute Gasteiger partial charge is 0.448 e. The van der Waals surface area contributed by atoms with E-state index in [9.17, 15) is 9.59 Å². The van der Waals surface area contributed by atoms with Crippen molar-refractivity contribution in [1.82, 2.24) is 14.8 Å². The lowest BCUT2D eigenvalue weighted by molar-refractivity contribution is 0.0779. The van der Waals surface area contributed by atoms with Gasteiger partial charge in [-0.05, 0) is 42.7 Å². The minimum absolute atomic E-state index is 0.0270. The first-order valence-electron chi connectivity index (χ1n) is 10.2. The Morgan fingerprint density at radius 2 is 2.20 bits per heavy atom. The smallest absolute Gasteiger partial charge is 0.410 e. The van der Waals surface area contributed by atoms with Crippen molar-refractivity contribution in [1.29, 1.82) is 0 Å². The number of ether oxygens (including phenoxy) is 1. The summed E-state index contributed by atoms with van der Waals surface area (Å²) in [5, 5.41) is 4.18. The molecule has 0 unspecified atom stereocenters. The summed E-state index contributed by atoms with van der Waals surface area (Å²) >= 11 is 6.18. The van der Waals surface area contributed by atoms with Crippen molar-refractivity contribution in [2.75, 3.05) is 31.6 Å². The number of carbonyl (C=O) groups excluding carboxylic acids is 2. The summed E-state index contributed by atoms with van der Waals surface area (Å²) in [6.45, 7) is 4.30. The van der Waals surface area contributed by atoms with Crippen molar-refractivity contribution in [3.05, 3.63) is 58.2 Å². The molecule has 7 nitrogen and oxygen atoms in total. The predicted molar refractivity (Wildman–Crippen MR) is 113 cm³/mol. The Morgan fingerprint density at radius 1 is 1.33 bits per heavy atom. The van der Waals surface area contributed by atoms with Gasteiger partial charge in [0.05, 0.1) is 23.7 Å². The fourth-order valence-corrected chi connectivity index (χ4v) is 4.86. The summed E-state index contributed by atoms with van der Waals surface area (Å²) in [5.41, 5.74) is 2.36. The normalized spacial score (nSPS) is 25.3. The SMILES string of the molecule is C[C@@]1(c2cccc(Cl)c2)Cc2cc(C(=O)N3CC[C@H](N4CCOC4=O)C3)cnc2N1. The zero-order valence-electron chi connectivity index (χ0n) is 16.7. The highest BCUT2D eigenvalue weighted by Crippen LogP contribution is 2.39. The average Bonchev–Trinajstić information content (AvgIpc) is 3.44. The van der Waals surface area contributed by atoms with Gasteiger partial charge >= 0.3 is 6.09 Å². The number of fused-ring (bicyclic) bond motifs is 1. The number of pyridine rings is 1. The van der Waals surface area contributed by atoms with Crippen LogP contribution in [0.2, 0.25) is 5.02 Å². The van der Waals surface area contributed by atoms with Gasteiger partial charge in [0.15, 0.2) is 0 Å². The average molecular weight is 427 g/mol. The van der Waals surface area contributed by atoms with Gasteiger partial charge in [-0.3, -0.25) is 9.69 Å². The van der Waals surface area contributed by atoms with Crippen LogP contribution in [0.3, 0.4) is 0 Å². The maximum absolute atomic E-state index is 13.1. The molecule has 0 spiro atoms. The molecule has 2 aromatic rings. The molecule has 30 heavy (non-hydrogen) atoms. The molecule has 1 aromatic carbocycles. The fourth-order valence-electron chi connectivity index (χ4n) is 4.67. The number of amides is 2. The van der Waals surface area contributed by atoms with Crippen molar-refractivity contribution in [3.8, 4) is 0 Å². The third kappa shape index (κ3) is 3.27. The number of cyclic esters (lactones) is 1. The van der Waals surface area contributed by atoms with E-state index in [0.29, 0.717) is 36.8 Å². The lowest BCUT2D eigenvalue weighted by Crippen LogP contribution is -2.39. The number of hydrogen-bond donors (Lipinski definition) is 1. The summed E-state index contributed by atoms with van der Waals surface area (Å²) in [7, 11) is 0. The van der Waals surface area contributed by atoms with Crippen molar-refractivity contribution >= 4 is 29.4 Å². The molecule has 2 atom stereocenters.